The summed E-state index contributed by atoms with van der Waals surface area (Å²) in [6.45, 7) is 2.07. The lowest BCUT2D eigenvalue weighted by Gasteiger charge is -2.12. The summed E-state index contributed by atoms with van der Waals surface area (Å²) in [7, 11) is 4.69. The van der Waals surface area contributed by atoms with E-state index in [1.807, 2.05) is 0 Å². The van der Waals surface area contributed by atoms with Gasteiger partial charge in [-0.2, -0.15) is 0 Å². The lowest BCUT2D eigenvalue weighted by molar-refractivity contribution is 0.324. The van der Waals surface area contributed by atoms with Crippen molar-refractivity contribution >= 4 is 23.1 Å². The lowest BCUT2D eigenvalue weighted by Crippen LogP contribution is -1.95. The van der Waals surface area contributed by atoms with Gasteiger partial charge < -0.3 is 18.6 Å². The zero-order chi connectivity index (χ0) is 21.8. The number of hydrogen-bond donors (Lipinski definition) is 0. The van der Waals surface area contributed by atoms with Crippen LogP contribution in [0.15, 0.2) is 51.4 Å². The van der Waals surface area contributed by atoms with Crippen LogP contribution in [0.2, 0.25) is 0 Å². The number of aromatic nitrogens is 3. The molecule has 0 amide bonds. The molecule has 4 aromatic rings. The summed E-state index contributed by atoms with van der Waals surface area (Å²) in [5.74, 6) is 2.57. The molecule has 0 bridgehead atoms. The maximum Gasteiger partial charge on any atom is 0.277 e. The summed E-state index contributed by atoms with van der Waals surface area (Å²) in [5.41, 5.74) is 4.01. The first-order chi connectivity index (χ1) is 15.1. The van der Waals surface area contributed by atoms with Crippen LogP contribution in [0.25, 0.3) is 22.0 Å². The van der Waals surface area contributed by atoms with Crippen LogP contribution in [0, 0.1) is 6.92 Å². The number of thiazole rings is 1. The molecule has 0 fully saturated rings. The maximum atomic E-state index is 5.83. The van der Waals surface area contributed by atoms with Crippen LogP contribution >= 0.6 is 23.1 Å². The summed E-state index contributed by atoms with van der Waals surface area (Å²) < 4.78 is 22.0. The van der Waals surface area contributed by atoms with Crippen molar-refractivity contribution in [3.63, 3.8) is 0 Å². The van der Waals surface area contributed by atoms with Crippen molar-refractivity contribution in [2.45, 2.75) is 17.9 Å². The molecule has 0 saturated carbocycles. The van der Waals surface area contributed by atoms with Gasteiger partial charge in [-0.05, 0) is 19.1 Å². The molecule has 7 nitrogen and oxygen atoms in total. The fourth-order valence-electron chi connectivity index (χ4n) is 2.93. The molecule has 9 heteroatoms. The molecule has 160 valence electrons. The van der Waals surface area contributed by atoms with E-state index < -0.39 is 0 Å². The van der Waals surface area contributed by atoms with E-state index >= 15 is 0 Å². The van der Waals surface area contributed by atoms with Crippen LogP contribution in [0.5, 0.6) is 17.2 Å². The summed E-state index contributed by atoms with van der Waals surface area (Å²) in [6, 6.07) is 11.9. The van der Waals surface area contributed by atoms with Gasteiger partial charge in [-0.15, -0.1) is 21.5 Å². The highest BCUT2D eigenvalue weighted by atomic mass is 32.2. The summed E-state index contributed by atoms with van der Waals surface area (Å²) in [5, 5.41) is 11.8. The van der Waals surface area contributed by atoms with Crippen LogP contribution in [0.1, 0.15) is 11.3 Å². The fourth-order valence-corrected chi connectivity index (χ4v) is 4.51. The van der Waals surface area contributed by atoms with Gasteiger partial charge in [0.15, 0.2) is 11.5 Å². The Balaban J connectivity index is 1.47. The average molecular weight is 456 g/mol. The smallest absolute Gasteiger partial charge is 0.277 e. The average Bonchev–Trinajstić information content (AvgIpc) is 3.47. The normalized spacial score (nSPS) is 10.8. The molecule has 2 heterocycles. The van der Waals surface area contributed by atoms with Gasteiger partial charge in [0.25, 0.3) is 5.22 Å². The first-order valence-electron chi connectivity index (χ1n) is 9.39. The molecule has 0 aliphatic carbocycles. The predicted molar refractivity (Wildman–Crippen MR) is 121 cm³/mol. The van der Waals surface area contributed by atoms with Crippen molar-refractivity contribution in [2.75, 3.05) is 21.3 Å². The topological polar surface area (TPSA) is 79.5 Å². The molecule has 0 spiro atoms. The van der Waals surface area contributed by atoms with E-state index in [1.165, 1.54) is 17.3 Å². The van der Waals surface area contributed by atoms with Crippen molar-refractivity contribution in [1.29, 1.82) is 0 Å². The Labute approximate surface area is 188 Å². The van der Waals surface area contributed by atoms with Crippen molar-refractivity contribution in [2.24, 2.45) is 0 Å². The number of nitrogens with zero attached hydrogens (tertiary/aromatic N) is 3. The molecule has 0 N–H and O–H groups in total. The quantitative estimate of drug-likeness (QED) is 0.323. The van der Waals surface area contributed by atoms with E-state index in [4.69, 9.17) is 23.6 Å². The molecule has 2 aromatic carbocycles. The Morgan fingerprint density at radius 1 is 0.935 bits per heavy atom. The lowest BCUT2D eigenvalue weighted by atomic mass is 10.2. The summed E-state index contributed by atoms with van der Waals surface area (Å²) in [6.07, 6.45) is 0. The number of aryl methyl sites for hydroxylation is 1. The largest absolute Gasteiger partial charge is 0.493 e. The van der Waals surface area contributed by atoms with Gasteiger partial charge in [-0.1, -0.05) is 41.6 Å². The number of methoxy groups -OCH3 is 3. The molecule has 0 aliphatic rings. The van der Waals surface area contributed by atoms with Gasteiger partial charge in [0, 0.05) is 22.3 Å². The second-order valence-electron chi connectivity index (χ2n) is 6.59. The van der Waals surface area contributed by atoms with Gasteiger partial charge in [0.2, 0.25) is 11.6 Å². The van der Waals surface area contributed by atoms with Crippen molar-refractivity contribution < 1.29 is 18.6 Å². The molecule has 0 atom stereocenters. The molecule has 31 heavy (non-hydrogen) atoms. The highest BCUT2D eigenvalue weighted by molar-refractivity contribution is 7.98. The molecule has 2 aromatic heterocycles. The van der Waals surface area contributed by atoms with E-state index in [2.05, 4.69) is 46.8 Å². The van der Waals surface area contributed by atoms with Crippen LogP contribution in [-0.4, -0.2) is 36.5 Å². The summed E-state index contributed by atoms with van der Waals surface area (Å²) in [4.78, 5) is 4.72. The molecule has 0 radical (unpaired) electrons. The third-order valence-corrected chi connectivity index (χ3v) is 6.30. The SMILES string of the molecule is COc1cc(-c2nnc(SCc3csc(-c4ccc(C)cc4)n3)o2)cc(OC)c1OC. The first kappa shape index (κ1) is 21.2. The molecule has 0 saturated heterocycles. The van der Waals surface area contributed by atoms with Crippen LogP contribution in [0.3, 0.4) is 0 Å². The van der Waals surface area contributed by atoms with Gasteiger partial charge in [0.05, 0.1) is 27.0 Å². The molecule has 0 unspecified atom stereocenters. The minimum atomic E-state index is 0.375. The van der Waals surface area contributed by atoms with Crippen molar-refractivity contribution in [3.05, 3.63) is 53.0 Å². The number of rotatable bonds is 8. The highest BCUT2D eigenvalue weighted by Gasteiger charge is 2.18. The fraction of sp³-hybridized carbons (Fsp3) is 0.227. The highest BCUT2D eigenvalue weighted by Crippen LogP contribution is 2.41. The van der Waals surface area contributed by atoms with Gasteiger partial charge in [-0.25, -0.2) is 4.98 Å². The van der Waals surface area contributed by atoms with E-state index in [-0.39, 0.29) is 0 Å². The molecular weight excluding hydrogens is 434 g/mol. The molecular formula is C22H21N3O4S2. The maximum absolute atomic E-state index is 5.83. The second kappa shape index (κ2) is 9.40. The third-order valence-electron chi connectivity index (χ3n) is 4.51. The van der Waals surface area contributed by atoms with Crippen LogP contribution < -0.4 is 14.2 Å². The minimum absolute atomic E-state index is 0.375. The number of benzene rings is 2. The van der Waals surface area contributed by atoms with E-state index in [0.29, 0.717) is 39.7 Å². The van der Waals surface area contributed by atoms with Gasteiger partial charge >= 0.3 is 0 Å². The zero-order valence-corrected chi connectivity index (χ0v) is 19.2. The Hall–Kier alpha value is -3.04. The monoisotopic (exact) mass is 455 g/mol. The van der Waals surface area contributed by atoms with E-state index in [1.54, 1.807) is 44.8 Å². The predicted octanol–water partition coefficient (Wildman–Crippen LogP) is 5.49. The van der Waals surface area contributed by atoms with Crippen molar-refractivity contribution in [3.8, 4) is 39.3 Å². The molecule has 0 aliphatic heterocycles. The standard InChI is InChI=1S/C22H21N3O4S2/c1-13-5-7-14(8-6-13)21-23-16(11-30-21)12-31-22-25-24-20(29-22)15-9-17(26-2)19(28-4)18(10-15)27-3/h5-11H,12H2,1-4H3. The Kier molecular flexibility index (Phi) is 6.43. The van der Waals surface area contributed by atoms with E-state index in [0.717, 1.165) is 16.3 Å². The number of thioether (sulfide) groups is 1. The number of ether oxygens (including phenoxy) is 3. The Morgan fingerprint density at radius 3 is 2.29 bits per heavy atom. The van der Waals surface area contributed by atoms with Crippen LogP contribution in [-0.2, 0) is 5.75 Å². The van der Waals surface area contributed by atoms with E-state index in [9.17, 15) is 0 Å². The summed E-state index contributed by atoms with van der Waals surface area (Å²) >= 11 is 3.07. The second-order valence-corrected chi connectivity index (χ2v) is 8.37. The minimum Gasteiger partial charge on any atom is -0.493 e. The Morgan fingerprint density at radius 2 is 1.65 bits per heavy atom. The van der Waals surface area contributed by atoms with Gasteiger partial charge in [0.1, 0.15) is 5.01 Å². The van der Waals surface area contributed by atoms with Gasteiger partial charge in [-0.3, -0.25) is 0 Å². The molecule has 4 rings (SSSR count). The third kappa shape index (κ3) is 4.67. The first-order valence-corrected chi connectivity index (χ1v) is 11.3. The zero-order valence-electron chi connectivity index (χ0n) is 17.5. The number of hydrogen-bond acceptors (Lipinski definition) is 9. The Bertz CT molecular complexity index is 1150. The van der Waals surface area contributed by atoms with Crippen molar-refractivity contribution in [1.82, 2.24) is 15.2 Å². The van der Waals surface area contributed by atoms with Crippen LogP contribution in [0.4, 0.5) is 0 Å².